The summed E-state index contributed by atoms with van der Waals surface area (Å²) in [6, 6.07) is 1.35. The van der Waals surface area contributed by atoms with E-state index in [0.717, 1.165) is 12.1 Å². The van der Waals surface area contributed by atoms with Crippen LogP contribution in [-0.2, 0) is 6.18 Å². The number of hydrogen-bond donors (Lipinski definition) is 1. The lowest BCUT2D eigenvalue weighted by Crippen LogP contribution is -2.21. The van der Waals surface area contributed by atoms with Crippen LogP contribution < -0.4 is 5.32 Å². The van der Waals surface area contributed by atoms with E-state index in [4.69, 9.17) is 6.42 Å². The Morgan fingerprint density at radius 1 is 1.41 bits per heavy atom. The lowest BCUT2D eigenvalue weighted by Gasteiger charge is -2.15. The molecule has 0 amide bonds. The van der Waals surface area contributed by atoms with Crippen molar-refractivity contribution in [2.75, 3.05) is 6.54 Å². The second-order valence-electron chi connectivity index (χ2n) is 3.39. The highest BCUT2D eigenvalue weighted by atomic mass is 19.4. The predicted octanol–water partition coefficient (Wildman–Crippen LogP) is 3.13. The first-order valence-corrected chi connectivity index (χ1v) is 4.96. The SMILES string of the molecule is C#CC(NCC)c1cc(C(F)(F)F)ccc1F. The smallest absolute Gasteiger partial charge is 0.300 e. The summed E-state index contributed by atoms with van der Waals surface area (Å²) in [5, 5.41) is 2.72. The van der Waals surface area contributed by atoms with Crippen LogP contribution in [0.3, 0.4) is 0 Å². The normalized spacial score (nSPS) is 13.2. The van der Waals surface area contributed by atoms with Gasteiger partial charge in [-0.25, -0.2) is 4.39 Å². The summed E-state index contributed by atoms with van der Waals surface area (Å²) in [4.78, 5) is 0. The van der Waals surface area contributed by atoms with Crippen LogP contribution >= 0.6 is 0 Å². The van der Waals surface area contributed by atoms with Crippen molar-refractivity contribution in [3.05, 3.63) is 35.1 Å². The van der Waals surface area contributed by atoms with Gasteiger partial charge in [-0.1, -0.05) is 12.8 Å². The summed E-state index contributed by atoms with van der Waals surface area (Å²) in [6.45, 7) is 2.17. The fraction of sp³-hybridized carbons (Fsp3) is 0.333. The Bertz CT molecular complexity index is 431. The minimum atomic E-state index is -4.51. The molecule has 0 aliphatic rings. The van der Waals surface area contributed by atoms with Gasteiger partial charge in [0, 0.05) is 5.56 Å². The first-order chi connectivity index (χ1) is 7.90. The second-order valence-corrected chi connectivity index (χ2v) is 3.39. The molecule has 0 aliphatic carbocycles. The molecule has 0 radical (unpaired) electrons. The Hall–Kier alpha value is -1.54. The number of terminal acetylenes is 1. The second kappa shape index (κ2) is 5.19. The molecule has 17 heavy (non-hydrogen) atoms. The third-order valence-electron chi connectivity index (χ3n) is 2.21. The summed E-state index contributed by atoms with van der Waals surface area (Å²) in [5.74, 6) is 1.47. The predicted molar refractivity (Wildman–Crippen MR) is 56.7 cm³/mol. The molecule has 0 saturated heterocycles. The average Bonchev–Trinajstić information content (AvgIpc) is 2.25. The summed E-state index contributed by atoms with van der Waals surface area (Å²) < 4.78 is 50.8. The van der Waals surface area contributed by atoms with Gasteiger partial charge in [-0.3, -0.25) is 0 Å². The van der Waals surface area contributed by atoms with Gasteiger partial charge in [0.15, 0.2) is 0 Å². The number of benzene rings is 1. The molecule has 0 fully saturated rings. The molecule has 5 heteroatoms. The summed E-state index contributed by atoms with van der Waals surface area (Å²) in [7, 11) is 0. The van der Waals surface area contributed by atoms with E-state index in [1.165, 1.54) is 0 Å². The third kappa shape index (κ3) is 3.21. The van der Waals surface area contributed by atoms with Crippen LogP contribution in [0, 0.1) is 18.2 Å². The quantitative estimate of drug-likeness (QED) is 0.637. The van der Waals surface area contributed by atoms with E-state index < -0.39 is 23.6 Å². The van der Waals surface area contributed by atoms with Gasteiger partial charge in [0.05, 0.1) is 11.6 Å². The topological polar surface area (TPSA) is 12.0 Å². The summed E-state index contributed by atoms with van der Waals surface area (Å²) >= 11 is 0. The van der Waals surface area contributed by atoms with Crippen LogP contribution in [0.2, 0.25) is 0 Å². The Labute approximate surface area is 96.8 Å². The number of alkyl halides is 3. The minimum Gasteiger partial charge on any atom is -0.300 e. The molecule has 1 unspecified atom stereocenters. The van der Waals surface area contributed by atoms with E-state index in [-0.39, 0.29) is 5.56 Å². The Morgan fingerprint density at radius 2 is 2.06 bits per heavy atom. The van der Waals surface area contributed by atoms with Crippen molar-refractivity contribution in [1.82, 2.24) is 5.32 Å². The van der Waals surface area contributed by atoms with Crippen molar-refractivity contribution in [3.63, 3.8) is 0 Å². The average molecular weight is 245 g/mol. The Morgan fingerprint density at radius 3 is 2.53 bits per heavy atom. The van der Waals surface area contributed by atoms with Crippen molar-refractivity contribution < 1.29 is 17.6 Å². The summed E-state index contributed by atoms with van der Waals surface area (Å²) in [6.07, 6.45) is 0.652. The van der Waals surface area contributed by atoms with Crippen molar-refractivity contribution in [3.8, 4) is 12.3 Å². The van der Waals surface area contributed by atoms with E-state index in [2.05, 4.69) is 11.2 Å². The zero-order valence-corrected chi connectivity index (χ0v) is 9.11. The highest BCUT2D eigenvalue weighted by molar-refractivity contribution is 5.33. The van der Waals surface area contributed by atoms with Gasteiger partial charge in [0.2, 0.25) is 0 Å². The number of halogens is 4. The molecule has 1 aromatic rings. The van der Waals surface area contributed by atoms with Crippen LogP contribution in [0.1, 0.15) is 24.1 Å². The van der Waals surface area contributed by atoms with Crippen LogP contribution in [0.25, 0.3) is 0 Å². The van der Waals surface area contributed by atoms with Crippen LogP contribution in [0.15, 0.2) is 18.2 Å². The highest BCUT2D eigenvalue weighted by Crippen LogP contribution is 2.31. The van der Waals surface area contributed by atoms with Crippen molar-refractivity contribution in [1.29, 1.82) is 0 Å². The first-order valence-electron chi connectivity index (χ1n) is 4.96. The molecule has 1 rings (SSSR count). The molecule has 1 nitrogen and oxygen atoms in total. The van der Waals surface area contributed by atoms with Crippen LogP contribution in [-0.4, -0.2) is 6.54 Å². The molecule has 0 spiro atoms. The maximum absolute atomic E-state index is 13.4. The molecule has 0 bridgehead atoms. The molecular formula is C12H11F4N. The number of nitrogens with one attached hydrogen (secondary N) is 1. The Kier molecular flexibility index (Phi) is 4.13. The zero-order chi connectivity index (χ0) is 13.1. The molecule has 0 aromatic heterocycles. The molecular weight excluding hydrogens is 234 g/mol. The van der Waals surface area contributed by atoms with Gasteiger partial charge in [0.25, 0.3) is 0 Å². The molecule has 1 N–H and O–H groups in total. The van der Waals surface area contributed by atoms with E-state index >= 15 is 0 Å². The van der Waals surface area contributed by atoms with Crippen molar-refractivity contribution >= 4 is 0 Å². The van der Waals surface area contributed by atoms with Gasteiger partial charge < -0.3 is 5.32 Å². The molecule has 1 atom stereocenters. The van der Waals surface area contributed by atoms with E-state index in [1.54, 1.807) is 6.92 Å². The number of rotatable bonds is 3. The first kappa shape index (κ1) is 13.5. The minimum absolute atomic E-state index is 0.163. The van der Waals surface area contributed by atoms with Gasteiger partial charge in [0.1, 0.15) is 5.82 Å². The maximum atomic E-state index is 13.4. The largest absolute Gasteiger partial charge is 0.416 e. The molecule has 0 saturated carbocycles. The fourth-order valence-electron chi connectivity index (χ4n) is 1.40. The van der Waals surface area contributed by atoms with E-state index in [9.17, 15) is 17.6 Å². The lowest BCUT2D eigenvalue weighted by atomic mass is 10.0. The zero-order valence-electron chi connectivity index (χ0n) is 9.11. The number of hydrogen-bond acceptors (Lipinski definition) is 1. The van der Waals surface area contributed by atoms with Crippen molar-refractivity contribution in [2.24, 2.45) is 0 Å². The van der Waals surface area contributed by atoms with Gasteiger partial charge in [-0.2, -0.15) is 13.2 Å². The van der Waals surface area contributed by atoms with Crippen LogP contribution in [0.4, 0.5) is 17.6 Å². The van der Waals surface area contributed by atoms with Crippen molar-refractivity contribution in [2.45, 2.75) is 19.1 Å². The molecule has 1 aromatic carbocycles. The monoisotopic (exact) mass is 245 g/mol. The molecule has 92 valence electrons. The van der Waals surface area contributed by atoms with E-state index in [0.29, 0.717) is 12.6 Å². The van der Waals surface area contributed by atoms with Crippen LogP contribution in [0.5, 0.6) is 0 Å². The fourth-order valence-corrected chi connectivity index (χ4v) is 1.40. The van der Waals surface area contributed by atoms with Gasteiger partial charge in [-0.05, 0) is 24.7 Å². The van der Waals surface area contributed by atoms with Gasteiger partial charge in [-0.15, -0.1) is 6.42 Å². The summed E-state index contributed by atoms with van der Waals surface area (Å²) in [5.41, 5.74) is -1.07. The Balaban J connectivity index is 3.19. The third-order valence-corrected chi connectivity index (χ3v) is 2.21. The molecule has 0 heterocycles. The lowest BCUT2D eigenvalue weighted by molar-refractivity contribution is -0.137. The maximum Gasteiger partial charge on any atom is 0.416 e. The molecule has 0 aliphatic heterocycles. The van der Waals surface area contributed by atoms with Gasteiger partial charge >= 0.3 is 6.18 Å². The highest BCUT2D eigenvalue weighted by Gasteiger charge is 2.31. The standard InChI is InChI=1S/C12H11F4N/c1-3-11(17-4-2)9-7-8(12(14,15)16)5-6-10(9)13/h1,5-7,11,17H,4H2,2H3. The van der Waals surface area contributed by atoms with E-state index in [1.807, 2.05) is 0 Å².